The second kappa shape index (κ2) is 5.64. The minimum Gasteiger partial charge on any atom is -0.493 e. The maximum atomic E-state index is 13.2. The molecular weight excluding hydrogens is 275 g/mol. The highest BCUT2D eigenvalue weighted by molar-refractivity contribution is 9.10. The summed E-state index contributed by atoms with van der Waals surface area (Å²) in [4.78, 5) is 0. The van der Waals surface area contributed by atoms with Crippen molar-refractivity contribution in [2.24, 2.45) is 0 Å². The third-order valence-electron chi connectivity index (χ3n) is 2.62. The van der Waals surface area contributed by atoms with Gasteiger partial charge in [0.15, 0.2) is 0 Å². The Morgan fingerprint density at radius 1 is 1.50 bits per heavy atom. The smallest absolute Gasteiger partial charge is 0.141 e. The summed E-state index contributed by atoms with van der Waals surface area (Å²) >= 11 is 3.10. The SMILES string of the molecule is Fc1cc(OCCC2CCCO2)ccc1Br. The van der Waals surface area contributed by atoms with Crippen LogP contribution in [0.5, 0.6) is 5.75 Å². The molecular formula is C12H14BrFO2. The highest BCUT2D eigenvalue weighted by atomic mass is 79.9. The largest absolute Gasteiger partial charge is 0.493 e. The molecule has 1 unspecified atom stereocenters. The Morgan fingerprint density at radius 3 is 3.06 bits per heavy atom. The Morgan fingerprint density at radius 2 is 2.38 bits per heavy atom. The molecule has 4 heteroatoms. The highest BCUT2D eigenvalue weighted by Gasteiger charge is 2.15. The molecule has 1 saturated heterocycles. The predicted octanol–water partition coefficient (Wildman–Crippen LogP) is 3.54. The van der Waals surface area contributed by atoms with Crippen LogP contribution in [0.2, 0.25) is 0 Å². The summed E-state index contributed by atoms with van der Waals surface area (Å²) in [5.74, 6) is 0.272. The first-order valence-corrected chi connectivity index (χ1v) is 6.24. The normalized spacial score (nSPS) is 20.0. The maximum absolute atomic E-state index is 13.2. The fourth-order valence-corrected chi connectivity index (χ4v) is 1.99. The van der Waals surface area contributed by atoms with Gasteiger partial charge in [0.05, 0.1) is 17.2 Å². The van der Waals surface area contributed by atoms with Crippen molar-refractivity contribution in [1.82, 2.24) is 0 Å². The Bertz CT molecular complexity index is 351. The fraction of sp³-hybridized carbons (Fsp3) is 0.500. The van der Waals surface area contributed by atoms with Crippen LogP contribution in [0.1, 0.15) is 19.3 Å². The van der Waals surface area contributed by atoms with Crippen molar-refractivity contribution < 1.29 is 13.9 Å². The average Bonchev–Trinajstić information content (AvgIpc) is 2.76. The summed E-state index contributed by atoms with van der Waals surface area (Å²) < 4.78 is 24.5. The number of hydrogen-bond acceptors (Lipinski definition) is 2. The number of rotatable bonds is 4. The van der Waals surface area contributed by atoms with Crippen LogP contribution in [0, 0.1) is 5.82 Å². The van der Waals surface area contributed by atoms with Crippen molar-refractivity contribution in [3.63, 3.8) is 0 Å². The first kappa shape index (κ1) is 11.9. The molecule has 1 fully saturated rings. The van der Waals surface area contributed by atoms with Crippen LogP contribution >= 0.6 is 15.9 Å². The Labute approximate surface area is 103 Å². The Kier molecular flexibility index (Phi) is 4.18. The Balaban J connectivity index is 1.78. The third-order valence-corrected chi connectivity index (χ3v) is 3.27. The molecule has 2 rings (SSSR count). The quantitative estimate of drug-likeness (QED) is 0.844. The zero-order chi connectivity index (χ0) is 11.4. The van der Waals surface area contributed by atoms with E-state index in [1.54, 1.807) is 12.1 Å². The molecule has 0 radical (unpaired) electrons. The van der Waals surface area contributed by atoms with Gasteiger partial charge in [0.25, 0.3) is 0 Å². The van der Waals surface area contributed by atoms with Gasteiger partial charge in [0.2, 0.25) is 0 Å². The maximum Gasteiger partial charge on any atom is 0.141 e. The van der Waals surface area contributed by atoms with Crippen molar-refractivity contribution in [1.29, 1.82) is 0 Å². The second-order valence-corrected chi connectivity index (χ2v) is 4.70. The fourth-order valence-electron chi connectivity index (χ4n) is 1.75. The van der Waals surface area contributed by atoms with Gasteiger partial charge in [-0.05, 0) is 40.9 Å². The molecule has 0 aromatic heterocycles. The molecule has 88 valence electrons. The van der Waals surface area contributed by atoms with Crippen molar-refractivity contribution in [2.75, 3.05) is 13.2 Å². The highest BCUT2D eigenvalue weighted by Crippen LogP contribution is 2.21. The van der Waals surface area contributed by atoms with Gasteiger partial charge in [-0.15, -0.1) is 0 Å². The molecule has 1 aromatic rings. The van der Waals surface area contributed by atoms with Gasteiger partial charge in [-0.1, -0.05) is 0 Å². The average molecular weight is 289 g/mol. The summed E-state index contributed by atoms with van der Waals surface area (Å²) in [6.07, 6.45) is 3.44. The van der Waals surface area contributed by atoms with Gasteiger partial charge in [0, 0.05) is 19.1 Å². The van der Waals surface area contributed by atoms with Crippen molar-refractivity contribution >= 4 is 15.9 Å². The van der Waals surface area contributed by atoms with E-state index in [1.165, 1.54) is 6.07 Å². The topological polar surface area (TPSA) is 18.5 Å². The summed E-state index contributed by atoms with van der Waals surface area (Å²) in [5, 5.41) is 0. The molecule has 1 aromatic carbocycles. The van der Waals surface area contributed by atoms with Crippen LogP contribution in [0.3, 0.4) is 0 Å². The van der Waals surface area contributed by atoms with Crippen LogP contribution in [0.25, 0.3) is 0 Å². The third kappa shape index (κ3) is 3.19. The van der Waals surface area contributed by atoms with E-state index in [0.29, 0.717) is 22.9 Å². The van der Waals surface area contributed by atoms with Crippen molar-refractivity contribution in [3.8, 4) is 5.75 Å². The van der Waals surface area contributed by atoms with E-state index < -0.39 is 0 Å². The minimum absolute atomic E-state index is 0.297. The number of ether oxygens (including phenoxy) is 2. The standard InChI is InChI=1S/C12H14BrFO2/c13-11-4-3-10(8-12(11)14)16-7-5-9-2-1-6-15-9/h3-4,8-9H,1-2,5-7H2. The molecule has 1 aliphatic rings. The van der Waals surface area contributed by atoms with Crippen LogP contribution in [-0.2, 0) is 4.74 Å². The summed E-state index contributed by atoms with van der Waals surface area (Å²) in [5.41, 5.74) is 0. The lowest BCUT2D eigenvalue weighted by Crippen LogP contribution is -2.10. The molecule has 0 aliphatic carbocycles. The van der Waals surface area contributed by atoms with E-state index in [0.717, 1.165) is 25.9 Å². The Hall–Kier alpha value is -0.610. The van der Waals surface area contributed by atoms with Crippen LogP contribution in [-0.4, -0.2) is 19.3 Å². The number of hydrogen-bond donors (Lipinski definition) is 0. The molecule has 1 atom stereocenters. The van der Waals surface area contributed by atoms with Crippen molar-refractivity contribution in [3.05, 3.63) is 28.5 Å². The van der Waals surface area contributed by atoms with Gasteiger partial charge in [-0.25, -0.2) is 4.39 Å². The zero-order valence-corrected chi connectivity index (χ0v) is 10.5. The first-order chi connectivity index (χ1) is 7.75. The molecule has 0 amide bonds. The lowest BCUT2D eigenvalue weighted by atomic mass is 10.2. The summed E-state index contributed by atoms with van der Waals surface area (Å²) in [7, 11) is 0. The second-order valence-electron chi connectivity index (χ2n) is 3.85. The molecule has 0 bridgehead atoms. The molecule has 16 heavy (non-hydrogen) atoms. The zero-order valence-electron chi connectivity index (χ0n) is 8.92. The molecule has 0 spiro atoms. The molecule has 1 heterocycles. The van der Waals surface area contributed by atoms with Gasteiger partial charge < -0.3 is 9.47 Å². The minimum atomic E-state index is -0.297. The van der Waals surface area contributed by atoms with E-state index in [2.05, 4.69) is 15.9 Å². The van der Waals surface area contributed by atoms with E-state index in [-0.39, 0.29) is 5.82 Å². The number of halogens is 2. The molecule has 2 nitrogen and oxygen atoms in total. The van der Waals surface area contributed by atoms with Crippen LogP contribution < -0.4 is 4.74 Å². The van der Waals surface area contributed by atoms with Crippen LogP contribution in [0.4, 0.5) is 4.39 Å². The molecule has 0 N–H and O–H groups in total. The monoisotopic (exact) mass is 288 g/mol. The van der Waals surface area contributed by atoms with Gasteiger partial charge >= 0.3 is 0 Å². The van der Waals surface area contributed by atoms with Gasteiger partial charge in [-0.2, -0.15) is 0 Å². The van der Waals surface area contributed by atoms with E-state index in [4.69, 9.17) is 9.47 Å². The van der Waals surface area contributed by atoms with Crippen LogP contribution in [0.15, 0.2) is 22.7 Å². The predicted molar refractivity (Wildman–Crippen MR) is 63.2 cm³/mol. The van der Waals surface area contributed by atoms with E-state index in [9.17, 15) is 4.39 Å². The van der Waals surface area contributed by atoms with Crippen molar-refractivity contribution in [2.45, 2.75) is 25.4 Å². The first-order valence-electron chi connectivity index (χ1n) is 5.45. The summed E-state index contributed by atoms with van der Waals surface area (Å²) in [6, 6.07) is 4.79. The summed E-state index contributed by atoms with van der Waals surface area (Å²) in [6.45, 7) is 1.43. The van der Waals surface area contributed by atoms with Gasteiger partial charge in [-0.3, -0.25) is 0 Å². The van der Waals surface area contributed by atoms with E-state index >= 15 is 0 Å². The van der Waals surface area contributed by atoms with E-state index in [1.807, 2.05) is 0 Å². The number of benzene rings is 1. The molecule has 1 aliphatic heterocycles. The lowest BCUT2D eigenvalue weighted by molar-refractivity contribution is 0.0903. The lowest BCUT2D eigenvalue weighted by Gasteiger charge is -2.10. The van der Waals surface area contributed by atoms with Gasteiger partial charge in [0.1, 0.15) is 11.6 Å². The molecule has 0 saturated carbocycles.